The molecule has 0 atom stereocenters. The Bertz CT molecular complexity index is 491. The van der Waals surface area contributed by atoms with Crippen molar-refractivity contribution in [2.24, 2.45) is 0 Å². The van der Waals surface area contributed by atoms with E-state index in [2.05, 4.69) is 10.6 Å². The van der Waals surface area contributed by atoms with Crippen molar-refractivity contribution < 1.29 is 13.6 Å². The van der Waals surface area contributed by atoms with E-state index in [9.17, 15) is 13.6 Å². The van der Waals surface area contributed by atoms with Gasteiger partial charge in [-0.1, -0.05) is 6.92 Å². The first-order valence-corrected chi connectivity index (χ1v) is 7.26. The highest BCUT2D eigenvalue weighted by atomic mass is 19.1. The number of carbonyl (C=O) groups excluding carboxylic acids is 1. The molecule has 0 aliphatic heterocycles. The van der Waals surface area contributed by atoms with Gasteiger partial charge in [-0.3, -0.25) is 4.79 Å². The van der Waals surface area contributed by atoms with Crippen molar-refractivity contribution in [2.75, 3.05) is 13.6 Å². The number of rotatable bonds is 5. The van der Waals surface area contributed by atoms with Gasteiger partial charge in [0, 0.05) is 12.6 Å². The van der Waals surface area contributed by atoms with Gasteiger partial charge in [0.1, 0.15) is 11.6 Å². The topological polar surface area (TPSA) is 41.1 Å². The molecular formula is C16H22F2N2O. The summed E-state index contributed by atoms with van der Waals surface area (Å²) in [5, 5.41) is 6.03. The fourth-order valence-electron chi connectivity index (χ4n) is 3.31. The number of halogens is 2. The number of likely N-dealkylation sites (N-methyl/N-ethyl adjacent to an activating group) is 1. The molecular weight excluding hydrogens is 274 g/mol. The van der Waals surface area contributed by atoms with Crippen LogP contribution in [0.15, 0.2) is 18.2 Å². The van der Waals surface area contributed by atoms with Crippen LogP contribution in [0.4, 0.5) is 8.78 Å². The molecule has 1 saturated carbocycles. The molecule has 116 valence electrons. The highest BCUT2D eigenvalue weighted by Gasteiger charge is 2.40. The van der Waals surface area contributed by atoms with Crippen LogP contribution in [0.25, 0.3) is 0 Å². The van der Waals surface area contributed by atoms with Crippen LogP contribution in [0, 0.1) is 11.6 Å². The van der Waals surface area contributed by atoms with Gasteiger partial charge in [-0.15, -0.1) is 0 Å². The minimum atomic E-state index is -0.538. The van der Waals surface area contributed by atoms with Crippen molar-refractivity contribution in [3.05, 3.63) is 35.4 Å². The van der Waals surface area contributed by atoms with Gasteiger partial charge in [0.25, 0.3) is 0 Å². The van der Waals surface area contributed by atoms with E-state index in [4.69, 9.17) is 0 Å². The molecule has 1 aliphatic rings. The molecule has 5 heteroatoms. The summed E-state index contributed by atoms with van der Waals surface area (Å²) in [7, 11) is 1.85. The zero-order valence-corrected chi connectivity index (χ0v) is 12.5. The minimum Gasteiger partial charge on any atom is -0.352 e. The largest absolute Gasteiger partial charge is 0.352 e. The Kier molecular flexibility index (Phi) is 4.61. The van der Waals surface area contributed by atoms with E-state index >= 15 is 0 Å². The summed E-state index contributed by atoms with van der Waals surface area (Å²) < 4.78 is 26.9. The van der Waals surface area contributed by atoms with E-state index in [1.807, 2.05) is 14.0 Å². The summed E-state index contributed by atoms with van der Waals surface area (Å²) in [6.45, 7) is 2.73. The number of hydrogen-bond acceptors (Lipinski definition) is 2. The second kappa shape index (κ2) is 6.10. The van der Waals surface area contributed by atoms with E-state index < -0.39 is 11.6 Å². The molecule has 1 aliphatic carbocycles. The van der Waals surface area contributed by atoms with E-state index in [1.165, 1.54) is 12.1 Å². The van der Waals surface area contributed by atoms with E-state index in [0.717, 1.165) is 38.2 Å². The number of amides is 1. The first kappa shape index (κ1) is 15.9. The average molecular weight is 296 g/mol. The van der Waals surface area contributed by atoms with Crippen molar-refractivity contribution >= 4 is 6.41 Å². The van der Waals surface area contributed by atoms with Crippen LogP contribution in [-0.2, 0) is 10.2 Å². The van der Waals surface area contributed by atoms with Crippen LogP contribution in [0.1, 0.15) is 38.2 Å². The molecule has 0 unspecified atom stereocenters. The van der Waals surface area contributed by atoms with E-state index in [0.29, 0.717) is 12.1 Å². The maximum Gasteiger partial charge on any atom is 0.207 e. The molecule has 0 aromatic heterocycles. The van der Waals surface area contributed by atoms with E-state index in [1.54, 1.807) is 0 Å². The van der Waals surface area contributed by atoms with Crippen LogP contribution in [0.2, 0.25) is 0 Å². The number of nitrogens with one attached hydrogen (secondary N) is 2. The molecule has 1 fully saturated rings. The van der Waals surface area contributed by atoms with Crippen molar-refractivity contribution in [3.63, 3.8) is 0 Å². The van der Waals surface area contributed by atoms with Gasteiger partial charge in [-0.05, 0) is 55.8 Å². The summed E-state index contributed by atoms with van der Waals surface area (Å²) in [4.78, 5) is 10.8. The lowest BCUT2D eigenvalue weighted by Gasteiger charge is -2.45. The number of benzene rings is 1. The van der Waals surface area contributed by atoms with Gasteiger partial charge < -0.3 is 10.6 Å². The summed E-state index contributed by atoms with van der Waals surface area (Å²) in [5.74, 6) is -1.08. The van der Waals surface area contributed by atoms with Crippen molar-refractivity contribution in [3.8, 4) is 0 Å². The van der Waals surface area contributed by atoms with E-state index in [-0.39, 0.29) is 11.0 Å². The fourth-order valence-corrected chi connectivity index (χ4v) is 3.31. The SMILES string of the molecule is CNCC1(NC=O)CCC(C)(c2cc(F)cc(F)c2)CC1. The monoisotopic (exact) mass is 296 g/mol. The molecule has 0 bridgehead atoms. The van der Waals surface area contributed by atoms with Crippen molar-refractivity contribution in [1.29, 1.82) is 0 Å². The third-order valence-electron chi connectivity index (χ3n) is 4.75. The first-order valence-electron chi connectivity index (χ1n) is 7.26. The summed E-state index contributed by atoms with van der Waals surface area (Å²) in [6.07, 6.45) is 3.85. The van der Waals surface area contributed by atoms with Crippen LogP contribution in [-0.4, -0.2) is 25.5 Å². The standard InChI is InChI=1S/C16H22F2N2O/c1-15(12-7-13(17)9-14(18)8-12)3-5-16(6-4-15,10-19-2)20-11-21/h7-9,11,19H,3-6,10H2,1-2H3,(H,20,21). The Hall–Kier alpha value is -1.49. The third kappa shape index (κ3) is 3.40. The van der Waals surface area contributed by atoms with Gasteiger partial charge in [0.15, 0.2) is 0 Å². The van der Waals surface area contributed by atoms with Gasteiger partial charge in [-0.2, -0.15) is 0 Å². The third-order valence-corrected chi connectivity index (χ3v) is 4.75. The number of carbonyl (C=O) groups is 1. The molecule has 0 spiro atoms. The molecule has 0 saturated heterocycles. The summed E-state index contributed by atoms with van der Waals surface area (Å²) >= 11 is 0. The molecule has 21 heavy (non-hydrogen) atoms. The molecule has 2 N–H and O–H groups in total. The maximum absolute atomic E-state index is 13.4. The van der Waals surface area contributed by atoms with Gasteiger partial charge in [0.2, 0.25) is 6.41 Å². The highest BCUT2D eigenvalue weighted by molar-refractivity contribution is 5.48. The average Bonchev–Trinajstić information content (AvgIpc) is 2.42. The van der Waals surface area contributed by atoms with Crippen LogP contribution in [0.5, 0.6) is 0 Å². The predicted molar refractivity (Wildman–Crippen MR) is 78.0 cm³/mol. The van der Waals surface area contributed by atoms with Gasteiger partial charge >= 0.3 is 0 Å². The minimum absolute atomic E-state index is 0.259. The predicted octanol–water partition coefficient (Wildman–Crippen LogP) is 2.50. The van der Waals surface area contributed by atoms with Crippen LogP contribution in [0.3, 0.4) is 0 Å². The summed E-state index contributed by atoms with van der Waals surface area (Å²) in [6, 6.07) is 3.73. The fraction of sp³-hybridized carbons (Fsp3) is 0.562. The van der Waals surface area contributed by atoms with Crippen molar-refractivity contribution in [2.45, 2.75) is 43.6 Å². The molecule has 0 radical (unpaired) electrons. The van der Waals surface area contributed by atoms with Crippen LogP contribution < -0.4 is 10.6 Å². The number of hydrogen-bond donors (Lipinski definition) is 2. The highest BCUT2D eigenvalue weighted by Crippen LogP contribution is 2.43. The Balaban J connectivity index is 2.19. The van der Waals surface area contributed by atoms with Gasteiger partial charge in [-0.25, -0.2) is 8.78 Å². The summed E-state index contributed by atoms with van der Waals surface area (Å²) in [5.41, 5.74) is 0.177. The maximum atomic E-state index is 13.4. The normalized spacial score (nSPS) is 29.1. The Morgan fingerprint density at radius 2 is 1.71 bits per heavy atom. The van der Waals surface area contributed by atoms with Gasteiger partial charge in [0.05, 0.1) is 5.54 Å². The Labute approximate surface area is 124 Å². The molecule has 1 aromatic rings. The Morgan fingerprint density at radius 3 is 2.19 bits per heavy atom. The Morgan fingerprint density at radius 1 is 1.14 bits per heavy atom. The zero-order valence-electron chi connectivity index (χ0n) is 12.5. The lowest BCUT2D eigenvalue weighted by atomic mass is 9.65. The first-order chi connectivity index (χ1) is 9.93. The molecule has 1 aromatic carbocycles. The van der Waals surface area contributed by atoms with Crippen LogP contribution >= 0.6 is 0 Å². The second-order valence-corrected chi connectivity index (χ2v) is 6.29. The second-order valence-electron chi connectivity index (χ2n) is 6.29. The molecule has 0 heterocycles. The zero-order chi connectivity index (χ0) is 15.5. The smallest absolute Gasteiger partial charge is 0.207 e. The lowest BCUT2D eigenvalue weighted by Crippen LogP contribution is -2.55. The molecule has 1 amide bonds. The quantitative estimate of drug-likeness (QED) is 0.820. The molecule has 2 rings (SSSR count). The van der Waals surface area contributed by atoms with Crippen molar-refractivity contribution in [1.82, 2.24) is 10.6 Å². The molecule has 3 nitrogen and oxygen atoms in total. The lowest BCUT2D eigenvalue weighted by molar-refractivity contribution is -0.111.